The maximum absolute atomic E-state index is 12.7. The quantitative estimate of drug-likeness (QED) is 0.572. The molecule has 25 heavy (non-hydrogen) atoms. The lowest BCUT2D eigenvalue weighted by Crippen LogP contribution is -2.17. The van der Waals surface area contributed by atoms with Gasteiger partial charge in [0.05, 0.1) is 12.0 Å². The standard InChI is InChI=1S/C14H11F3N8/c15-14(16,17)5-24-6-20-9-2-1-8(21-12(9)24)7-3-4-25-10(7)11(18)22-13(19)23-25/h1-4,6H,5H2,(H4,18,19,22,23). The molecule has 0 saturated carbocycles. The van der Waals surface area contributed by atoms with Crippen LogP contribution in [0.1, 0.15) is 0 Å². The van der Waals surface area contributed by atoms with Gasteiger partial charge in [-0.25, -0.2) is 14.5 Å². The lowest BCUT2D eigenvalue weighted by Gasteiger charge is -2.08. The van der Waals surface area contributed by atoms with Gasteiger partial charge >= 0.3 is 6.18 Å². The minimum atomic E-state index is -4.37. The van der Waals surface area contributed by atoms with Crippen LogP contribution < -0.4 is 11.5 Å². The Morgan fingerprint density at radius 3 is 2.64 bits per heavy atom. The molecular formula is C14H11F3N8. The molecule has 0 aliphatic carbocycles. The molecule has 0 saturated heterocycles. The topological polar surface area (TPSA) is 113 Å². The summed E-state index contributed by atoms with van der Waals surface area (Å²) >= 11 is 0. The van der Waals surface area contributed by atoms with Crippen molar-refractivity contribution in [2.45, 2.75) is 12.7 Å². The monoisotopic (exact) mass is 348 g/mol. The first-order valence-electron chi connectivity index (χ1n) is 7.11. The first-order chi connectivity index (χ1) is 11.8. The summed E-state index contributed by atoms with van der Waals surface area (Å²) in [6.45, 7) is -1.17. The first-order valence-corrected chi connectivity index (χ1v) is 7.11. The molecule has 0 unspecified atom stereocenters. The van der Waals surface area contributed by atoms with Crippen molar-refractivity contribution in [3.8, 4) is 11.3 Å². The van der Waals surface area contributed by atoms with Gasteiger partial charge in [-0.15, -0.1) is 5.10 Å². The summed E-state index contributed by atoms with van der Waals surface area (Å²) in [6.07, 6.45) is -1.63. The number of nitrogens with zero attached hydrogens (tertiary/aromatic N) is 6. The highest BCUT2D eigenvalue weighted by molar-refractivity contribution is 5.88. The molecular weight excluding hydrogens is 337 g/mol. The predicted molar refractivity (Wildman–Crippen MR) is 84.4 cm³/mol. The van der Waals surface area contributed by atoms with Crippen LogP contribution in [0.3, 0.4) is 0 Å². The number of hydrogen-bond donors (Lipinski definition) is 2. The molecule has 0 bridgehead atoms. The molecule has 4 heterocycles. The Hall–Kier alpha value is -3.37. The van der Waals surface area contributed by atoms with Crippen LogP contribution in [-0.2, 0) is 6.54 Å². The number of halogens is 3. The number of nitrogen functional groups attached to an aromatic ring is 2. The third kappa shape index (κ3) is 2.58. The lowest BCUT2D eigenvalue weighted by atomic mass is 10.2. The fourth-order valence-electron chi connectivity index (χ4n) is 2.68. The van der Waals surface area contributed by atoms with E-state index in [9.17, 15) is 13.2 Å². The Balaban J connectivity index is 1.89. The van der Waals surface area contributed by atoms with E-state index in [0.717, 1.165) is 10.9 Å². The van der Waals surface area contributed by atoms with Crippen molar-refractivity contribution in [2.75, 3.05) is 11.5 Å². The number of imidazole rings is 1. The number of alkyl halides is 3. The van der Waals surface area contributed by atoms with Gasteiger partial charge in [0.25, 0.3) is 0 Å². The zero-order valence-electron chi connectivity index (χ0n) is 12.6. The number of pyridine rings is 1. The summed E-state index contributed by atoms with van der Waals surface area (Å²) in [5.74, 6) is 0.164. The molecule has 0 radical (unpaired) electrons. The summed E-state index contributed by atoms with van der Waals surface area (Å²) in [5, 5.41) is 4.01. The maximum Gasteiger partial charge on any atom is 0.406 e. The Labute approximate surface area is 137 Å². The van der Waals surface area contributed by atoms with Gasteiger partial charge in [0, 0.05) is 11.8 Å². The summed E-state index contributed by atoms with van der Waals surface area (Å²) in [4.78, 5) is 12.2. The van der Waals surface area contributed by atoms with Crippen LogP contribution >= 0.6 is 0 Å². The van der Waals surface area contributed by atoms with Crippen molar-refractivity contribution in [2.24, 2.45) is 0 Å². The van der Waals surface area contributed by atoms with Crippen LogP contribution in [0.25, 0.3) is 27.9 Å². The van der Waals surface area contributed by atoms with Gasteiger partial charge in [0.1, 0.15) is 17.6 Å². The molecule has 0 aliphatic heterocycles. The number of aromatic nitrogens is 6. The molecule has 0 aromatic carbocycles. The largest absolute Gasteiger partial charge is 0.406 e. The third-order valence-electron chi connectivity index (χ3n) is 3.64. The molecule has 0 amide bonds. The van der Waals surface area contributed by atoms with Crippen LogP contribution in [0.15, 0.2) is 30.7 Å². The molecule has 11 heteroatoms. The summed E-state index contributed by atoms with van der Waals surface area (Å²) in [5.41, 5.74) is 13.4. The molecule has 4 aromatic rings. The summed E-state index contributed by atoms with van der Waals surface area (Å²) < 4.78 is 40.5. The van der Waals surface area contributed by atoms with Crippen molar-refractivity contribution in [3.63, 3.8) is 0 Å². The number of anilines is 2. The zero-order chi connectivity index (χ0) is 17.8. The van der Waals surface area contributed by atoms with Crippen LogP contribution in [0.2, 0.25) is 0 Å². The molecule has 128 valence electrons. The fourth-order valence-corrected chi connectivity index (χ4v) is 2.68. The second kappa shape index (κ2) is 5.06. The van der Waals surface area contributed by atoms with Gasteiger partial charge in [0.15, 0.2) is 11.5 Å². The first kappa shape index (κ1) is 15.2. The highest BCUT2D eigenvalue weighted by atomic mass is 19.4. The van der Waals surface area contributed by atoms with Crippen molar-refractivity contribution >= 4 is 28.4 Å². The average molecular weight is 348 g/mol. The number of hydrogen-bond acceptors (Lipinski definition) is 6. The fraction of sp³-hybridized carbons (Fsp3) is 0.143. The minimum absolute atomic E-state index is 0.0128. The Bertz CT molecular complexity index is 1090. The van der Waals surface area contributed by atoms with Gasteiger partial charge in [-0.2, -0.15) is 18.2 Å². The Kier molecular flexibility index (Phi) is 3.07. The van der Waals surface area contributed by atoms with E-state index in [1.165, 1.54) is 4.52 Å². The van der Waals surface area contributed by atoms with E-state index in [-0.39, 0.29) is 17.4 Å². The van der Waals surface area contributed by atoms with E-state index in [0.29, 0.717) is 22.3 Å². The second-order valence-corrected chi connectivity index (χ2v) is 5.40. The SMILES string of the molecule is Nc1nc(N)c2c(-c3ccc4ncn(CC(F)(F)F)c4n3)ccn2n1. The van der Waals surface area contributed by atoms with Crippen LogP contribution in [0, 0.1) is 0 Å². The van der Waals surface area contributed by atoms with E-state index in [4.69, 9.17) is 11.5 Å². The van der Waals surface area contributed by atoms with Crippen LogP contribution in [-0.4, -0.2) is 35.3 Å². The molecule has 0 fully saturated rings. The molecule has 0 spiro atoms. The van der Waals surface area contributed by atoms with Crippen LogP contribution in [0.4, 0.5) is 24.9 Å². The molecule has 0 aliphatic rings. The van der Waals surface area contributed by atoms with Gasteiger partial charge in [-0.3, -0.25) is 0 Å². The molecule has 4 N–H and O–H groups in total. The maximum atomic E-state index is 12.7. The minimum Gasteiger partial charge on any atom is -0.382 e. The van der Waals surface area contributed by atoms with E-state index in [1.807, 2.05) is 0 Å². The van der Waals surface area contributed by atoms with E-state index < -0.39 is 12.7 Å². The van der Waals surface area contributed by atoms with E-state index >= 15 is 0 Å². The zero-order valence-corrected chi connectivity index (χ0v) is 12.6. The summed E-state index contributed by atoms with van der Waals surface area (Å²) in [6, 6.07) is 4.94. The van der Waals surface area contributed by atoms with Crippen molar-refractivity contribution in [1.29, 1.82) is 0 Å². The molecule has 8 nitrogen and oxygen atoms in total. The number of rotatable bonds is 2. The number of nitrogens with two attached hydrogens (primary N) is 2. The van der Waals surface area contributed by atoms with Crippen molar-refractivity contribution in [3.05, 3.63) is 30.7 Å². The van der Waals surface area contributed by atoms with Crippen molar-refractivity contribution < 1.29 is 13.2 Å². The second-order valence-electron chi connectivity index (χ2n) is 5.40. The normalized spacial score (nSPS) is 12.3. The highest BCUT2D eigenvalue weighted by Gasteiger charge is 2.29. The smallest absolute Gasteiger partial charge is 0.382 e. The number of fused-ring (bicyclic) bond motifs is 2. The summed E-state index contributed by atoms with van der Waals surface area (Å²) in [7, 11) is 0. The van der Waals surface area contributed by atoms with E-state index in [2.05, 4.69) is 20.1 Å². The Morgan fingerprint density at radius 2 is 1.88 bits per heavy atom. The predicted octanol–water partition coefficient (Wildman–Crippen LogP) is 1.87. The molecule has 4 aromatic heterocycles. The van der Waals surface area contributed by atoms with Gasteiger partial charge < -0.3 is 16.0 Å². The lowest BCUT2D eigenvalue weighted by molar-refractivity contribution is -0.140. The average Bonchev–Trinajstić information content (AvgIpc) is 3.10. The van der Waals surface area contributed by atoms with Crippen molar-refractivity contribution in [1.82, 2.24) is 29.1 Å². The highest BCUT2D eigenvalue weighted by Crippen LogP contribution is 2.29. The molecule has 0 atom stereocenters. The van der Waals surface area contributed by atoms with Crippen LogP contribution in [0.5, 0.6) is 0 Å². The molecule has 4 rings (SSSR count). The third-order valence-corrected chi connectivity index (χ3v) is 3.64. The van der Waals surface area contributed by atoms with Gasteiger partial charge in [-0.1, -0.05) is 0 Å². The van der Waals surface area contributed by atoms with Gasteiger partial charge in [-0.05, 0) is 18.2 Å². The van der Waals surface area contributed by atoms with Gasteiger partial charge in [0.2, 0.25) is 5.95 Å². The van der Waals surface area contributed by atoms with E-state index in [1.54, 1.807) is 24.4 Å². The Morgan fingerprint density at radius 1 is 1.08 bits per heavy atom.